The van der Waals surface area contributed by atoms with Gasteiger partial charge in [0.25, 0.3) is 5.91 Å². The molecule has 2 aromatic heterocycles. The highest BCUT2D eigenvalue weighted by molar-refractivity contribution is 7.07. The minimum absolute atomic E-state index is 0.0498. The first kappa shape index (κ1) is 17.8. The van der Waals surface area contributed by atoms with Crippen molar-refractivity contribution in [2.75, 3.05) is 38.3 Å². The second-order valence-electron chi connectivity index (χ2n) is 6.05. The quantitative estimate of drug-likeness (QED) is 0.801. The molecule has 0 aromatic carbocycles. The van der Waals surface area contributed by atoms with Crippen molar-refractivity contribution in [1.29, 1.82) is 0 Å². The molecule has 6 nitrogen and oxygen atoms in total. The normalized spacial score (nSPS) is 20.5. The van der Waals surface area contributed by atoms with Gasteiger partial charge < -0.3 is 19.7 Å². The Labute approximate surface area is 151 Å². The maximum absolute atomic E-state index is 12.0. The van der Waals surface area contributed by atoms with Crippen molar-refractivity contribution in [3.8, 4) is 0 Å². The van der Waals surface area contributed by atoms with E-state index in [1.807, 2.05) is 12.1 Å². The van der Waals surface area contributed by atoms with Gasteiger partial charge in [-0.15, -0.1) is 0 Å². The third-order valence-electron chi connectivity index (χ3n) is 4.10. The minimum Gasteiger partial charge on any atom is -0.383 e. The van der Waals surface area contributed by atoms with Crippen LogP contribution in [0.3, 0.4) is 0 Å². The number of anilines is 1. The fraction of sp³-hybridized carbons (Fsp3) is 0.444. The molecule has 1 fully saturated rings. The first-order valence-corrected chi connectivity index (χ1v) is 9.27. The number of methoxy groups -OCH3 is 1. The zero-order valence-corrected chi connectivity index (χ0v) is 15.3. The lowest BCUT2D eigenvalue weighted by Gasteiger charge is -2.37. The Hall–Kier alpha value is -1.96. The van der Waals surface area contributed by atoms with Gasteiger partial charge in [0.05, 0.1) is 18.3 Å². The summed E-state index contributed by atoms with van der Waals surface area (Å²) >= 11 is 1.68. The van der Waals surface area contributed by atoms with E-state index < -0.39 is 0 Å². The number of ether oxygens (including phenoxy) is 2. The van der Waals surface area contributed by atoms with E-state index in [1.54, 1.807) is 24.6 Å². The van der Waals surface area contributed by atoms with Gasteiger partial charge in [-0.1, -0.05) is 0 Å². The van der Waals surface area contributed by atoms with Crippen LogP contribution >= 0.6 is 11.3 Å². The van der Waals surface area contributed by atoms with Crippen LogP contribution in [-0.2, 0) is 9.47 Å². The first-order valence-electron chi connectivity index (χ1n) is 8.33. The predicted octanol–water partition coefficient (Wildman–Crippen LogP) is 2.49. The van der Waals surface area contributed by atoms with Gasteiger partial charge in [0.15, 0.2) is 0 Å². The van der Waals surface area contributed by atoms with Crippen LogP contribution in [0.1, 0.15) is 28.9 Å². The lowest BCUT2D eigenvalue weighted by atomic mass is 10.1. The standard InChI is InChI=1S/C18H23N3O3S/c1-13-10-21(11-16(24-13)15-5-8-25-12-15)17-4-3-14(9-20-17)18(22)19-6-7-23-2/h3-5,8-9,12-13,16H,6-7,10-11H2,1-2H3,(H,19,22). The summed E-state index contributed by atoms with van der Waals surface area (Å²) in [6, 6.07) is 5.81. The molecule has 1 saturated heterocycles. The summed E-state index contributed by atoms with van der Waals surface area (Å²) in [5.74, 6) is 0.728. The second kappa shape index (κ2) is 8.42. The van der Waals surface area contributed by atoms with Crippen LogP contribution in [0.25, 0.3) is 0 Å². The third kappa shape index (κ3) is 4.56. The SMILES string of the molecule is COCCNC(=O)c1ccc(N2CC(C)OC(c3ccsc3)C2)nc1. The Kier molecular flexibility index (Phi) is 6.01. The molecule has 0 aliphatic carbocycles. The van der Waals surface area contributed by atoms with E-state index in [2.05, 4.69) is 39.0 Å². The molecule has 1 aliphatic heterocycles. The number of amides is 1. The van der Waals surface area contributed by atoms with Crippen molar-refractivity contribution in [3.63, 3.8) is 0 Å². The number of nitrogens with zero attached hydrogens (tertiary/aromatic N) is 2. The molecule has 3 heterocycles. The lowest BCUT2D eigenvalue weighted by Crippen LogP contribution is -2.43. The van der Waals surface area contributed by atoms with Crippen LogP contribution in [0.5, 0.6) is 0 Å². The maximum atomic E-state index is 12.0. The maximum Gasteiger partial charge on any atom is 0.252 e. The summed E-state index contributed by atoms with van der Waals surface area (Å²) in [6.45, 7) is 4.59. The largest absolute Gasteiger partial charge is 0.383 e. The van der Waals surface area contributed by atoms with Crippen molar-refractivity contribution in [2.24, 2.45) is 0 Å². The van der Waals surface area contributed by atoms with Gasteiger partial charge in [-0.3, -0.25) is 4.79 Å². The average molecular weight is 361 g/mol. The second-order valence-corrected chi connectivity index (χ2v) is 6.83. The van der Waals surface area contributed by atoms with E-state index in [0.29, 0.717) is 18.7 Å². The highest BCUT2D eigenvalue weighted by atomic mass is 32.1. The van der Waals surface area contributed by atoms with Gasteiger partial charge in [-0.2, -0.15) is 11.3 Å². The first-order chi connectivity index (χ1) is 12.2. The van der Waals surface area contributed by atoms with Crippen LogP contribution in [-0.4, -0.2) is 50.3 Å². The number of thiophene rings is 1. The van der Waals surface area contributed by atoms with E-state index in [9.17, 15) is 4.79 Å². The molecule has 3 rings (SSSR count). The van der Waals surface area contributed by atoms with E-state index in [1.165, 1.54) is 5.56 Å². The van der Waals surface area contributed by atoms with E-state index in [4.69, 9.17) is 9.47 Å². The zero-order valence-electron chi connectivity index (χ0n) is 14.5. The molecule has 2 aromatic rings. The summed E-state index contributed by atoms with van der Waals surface area (Å²) in [6.07, 6.45) is 1.79. The van der Waals surface area contributed by atoms with Gasteiger partial charge in [0.1, 0.15) is 11.9 Å². The smallest absolute Gasteiger partial charge is 0.252 e. The van der Waals surface area contributed by atoms with Gasteiger partial charge >= 0.3 is 0 Å². The Bertz CT molecular complexity index is 675. The number of hydrogen-bond acceptors (Lipinski definition) is 6. The van der Waals surface area contributed by atoms with Crippen molar-refractivity contribution >= 4 is 23.1 Å². The Balaban J connectivity index is 1.65. The molecule has 134 valence electrons. The summed E-state index contributed by atoms with van der Waals surface area (Å²) in [5, 5.41) is 6.99. The molecule has 0 saturated carbocycles. The van der Waals surface area contributed by atoms with Crippen molar-refractivity contribution in [2.45, 2.75) is 19.1 Å². The van der Waals surface area contributed by atoms with Gasteiger partial charge in [-0.05, 0) is 41.4 Å². The molecule has 0 spiro atoms. The van der Waals surface area contributed by atoms with Crippen LogP contribution < -0.4 is 10.2 Å². The molecule has 0 radical (unpaired) electrons. The summed E-state index contributed by atoms with van der Waals surface area (Å²) in [7, 11) is 1.61. The predicted molar refractivity (Wildman–Crippen MR) is 98.3 cm³/mol. The molecular weight excluding hydrogens is 338 g/mol. The van der Waals surface area contributed by atoms with E-state index in [0.717, 1.165) is 18.9 Å². The molecule has 1 N–H and O–H groups in total. The highest BCUT2D eigenvalue weighted by Crippen LogP contribution is 2.29. The fourth-order valence-electron chi connectivity index (χ4n) is 2.86. The summed E-state index contributed by atoms with van der Waals surface area (Å²) < 4.78 is 11.0. The van der Waals surface area contributed by atoms with Crippen molar-refractivity contribution in [3.05, 3.63) is 46.3 Å². The van der Waals surface area contributed by atoms with Gasteiger partial charge in [0.2, 0.25) is 0 Å². The monoisotopic (exact) mass is 361 g/mol. The summed E-state index contributed by atoms with van der Waals surface area (Å²) in [4.78, 5) is 18.7. The number of nitrogens with one attached hydrogen (secondary N) is 1. The Morgan fingerprint density at radius 3 is 3.00 bits per heavy atom. The van der Waals surface area contributed by atoms with Crippen LogP contribution in [0.4, 0.5) is 5.82 Å². The third-order valence-corrected chi connectivity index (χ3v) is 4.80. The van der Waals surface area contributed by atoms with Crippen LogP contribution in [0.2, 0.25) is 0 Å². The molecule has 2 unspecified atom stereocenters. The summed E-state index contributed by atoms with van der Waals surface area (Å²) in [5.41, 5.74) is 1.76. The molecule has 2 atom stereocenters. The average Bonchev–Trinajstić information content (AvgIpc) is 3.16. The van der Waals surface area contributed by atoms with Gasteiger partial charge in [0, 0.05) is 32.9 Å². The van der Waals surface area contributed by atoms with E-state index >= 15 is 0 Å². The molecule has 7 heteroatoms. The number of hydrogen-bond donors (Lipinski definition) is 1. The molecule has 25 heavy (non-hydrogen) atoms. The number of morpholine rings is 1. The number of aromatic nitrogens is 1. The number of carbonyl (C=O) groups is 1. The molecule has 1 aliphatic rings. The molecule has 1 amide bonds. The number of rotatable bonds is 6. The fourth-order valence-corrected chi connectivity index (χ4v) is 3.56. The highest BCUT2D eigenvalue weighted by Gasteiger charge is 2.27. The van der Waals surface area contributed by atoms with Crippen molar-refractivity contribution < 1.29 is 14.3 Å². The lowest BCUT2D eigenvalue weighted by molar-refractivity contribution is -0.0174. The van der Waals surface area contributed by atoms with Crippen molar-refractivity contribution in [1.82, 2.24) is 10.3 Å². The number of carbonyl (C=O) groups excluding carboxylic acids is 1. The minimum atomic E-state index is -0.136. The topological polar surface area (TPSA) is 63.7 Å². The zero-order chi connectivity index (χ0) is 17.6. The van der Waals surface area contributed by atoms with E-state index in [-0.39, 0.29) is 18.1 Å². The molecule has 0 bridgehead atoms. The van der Waals surface area contributed by atoms with Crippen LogP contribution in [0.15, 0.2) is 35.2 Å². The van der Waals surface area contributed by atoms with Gasteiger partial charge in [-0.25, -0.2) is 4.98 Å². The number of pyridine rings is 1. The Morgan fingerprint density at radius 2 is 2.32 bits per heavy atom. The molecular formula is C18H23N3O3S. The Morgan fingerprint density at radius 1 is 1.44 bits per heavy atom. The van der Waals surface area contributed by atoms with Crippen LogP contribution in [0, 0.1) is 0 Å².